The number of nitrogens with one attached hydrogen (secondary N) is 1. The first-order valence-electron chi connectivity index (χ1n) is 13.4. The molecule has 1 N–H and O–H groups in total. The van der Waals surface area contributed by atoms with Crippen LogP contribution in [-0.2, 0) is 32.6 Å². The maximum absolute atomic E-state index is 14.3. The molecule has 42 heavy (non-hydrogen) atoms. The molecule has 7 nitrogen and oxygen atoms in total. The molecule has 0 aliphatic carbocycles. The molecule has 0 aliphatic rings. The van der Waals surface area contributed by atoms with Crippen LogP contribution in [0.1, 0.15) is 18.1 Å². The fourth-order valence-corrected chi connectivity index (χ4v) is 6.55. The molecule has 0 aliphatic heterocycles. The number of carbonyl (C=O) groups is 2. The first kappa shape index (κ1) is 31.3. The number of sulfonamides is 1. The van der Waals surface area contributed by atoms with Crippen molar-refractivity contribution in [1.29, 1.82) is 0 Å². The Labute approximate surface area is 260 Å². The summed E-state index contributed by atoms with van der Waals surface area (Å²) >= 11 is 9.91. The Hall–Kier alpha value is -3.66. The molecular weight excluding hydrogens is 638 g/mol. The molecule has 0 spiro atoms. The third-order valence-corrected chi connectivity index (χ3v) is 9.28. The predicted molar refractivity (Wildman–Crippen MR) is 170 cm³/mol. The van der Waals surface area contributed by atoms with Gasteiger partial charge in [0.2, 0.25) is 11.8 Å². The van der Waals surface area contributed by atoms with Gasteiger partial charge in [-0.05, 0) is 54.4 Å². The highest BCUT2D eigenvalue weighted by atomic mass is 79.9. The predicted octanol–water partition coefficient (Wildman–Crippen LogP) is 6.07. The molecule has 4 rings (SSSR count). The monoisotopic (exact) mass is 667 g/mol. The smallest absolute Gasteiger partial charge is 0.264 e. The Morgan fingerprint density at radius 2 is 1.52 bits per heavy atom. The molecule has 0 unspecified atom stereocenters. The van der Waals surface area contributed by atoms with Crippen LogP contribution in [0, 0.1) is 0 Å². The van der Waals surface area contributed by atoms with Crippen LogP contribution >= 0.6 is 27.5 Å². The van der Waals surface area contributed by atoms with Gasteiger partial charge in [-0.25, -0.2) is 8.42 Å². The van der Waals surface area contributed by atoms with Crippen LogP contribution in [0.3, 0.4) is 0 Å². The molecule has 4 aromatic rings. The average molecular weight is 669 g/mol. The maximum atomic E-state index is 14.3. The third-order valence-electron chi connectivity index (χ3n) is 6.63. The van der Waals surface area contributed by atoms with Crippen LogP contribution in [-0.4, -0.2) is 44.3 Å². The summed E-state index contributed by atoms with van der Waals surface area (Å²) in [5.74, 6) is -0.900. The quantitative estimate of drug-likeness (QED) is 0.199. The number of benzene rings is 4. The summed E-state index contributed by atoms with van der Waals surface area (Å²) in [6.07, 6.45) is 0.227. The van der Waals surface area contributed by atoms with Crippen LogP contribution in [0.5, 0.6) is 0 Å². The standard InChI is InChI=1S/C32H31BrClN3O4S/c1-2-35-32(39)30(20-24-12-5-3-6-13-24)36(22-25-14-9-10-19-29(25)34)31(38)23-37(27-16-11-15-26(33)21-27)42(40,41)28-17-7-4-8-18-28/h3-19,21,30H,2,20,22-23H2,1H3,(H,35,39)/t30-/m1/s1. The van der Waals surface area contributed by atoms with E-state index in [4.69, 9.17) is 11.6 Å². The van der Waals surface area contributed by atoms with E-state index in [-0.39, 0.29) is 23.8 Å². The fraction of sp³-hybridized carbons (Fsp3) is 0.188. The topological polar surface area (TPSA) is 86.8 Å². The van der Waals surface area contributed by atoms with Crippen LogP contribution in [0.25, 0.3) is 0 Å². The SMILES string of the molecule is CCNC(=O)[C@@H](Cc1ccccc1)N(Cc1ccccc1Cl)C(=O)CN(c1cccc(Br)c1)S(=O)(=O)c1ccccc1. The second-order valence-corrected chi connectivity index (χ2v) is 12.7. The van der Waals surface area contributed by atoms with E-state index in [1.165, 1.54) is 17.0 Å². The van der Waals surface area contributed by atoms with Gasteiger partial charge in [-0.3, -0.25) is 13.9 Å². The van der Waals surface area contributed by atoms with Gasteiger partial charge in [0, 0.05) is 29.0 Å². The van der Waals surface area contributed by atoms with E-state index in [2.05, 4.69) is 21.2 Å². The number of halogens is 2. The van der Waals surface area contributed by atoms with Gasteiger partial charge in [-0.2, -0.15) is 0 Å². The van der Waals surface area contributed by atoms with Gasteiger partial charge < -0.3 is 10.2 Å². The first-order valence-corrected chi connectivity index (χ1v) is 16.0. The lowest BCUT2D eigenvalue weighted by molar-refractivity contribution is -0.140. The Kier molecular flexibility index (Phi) is 10.8. The second-order valence-electron chi connectivity index (χ2n) is 9.52. The van der Waals surface area contributed by atoms with Crippen molar-refractivity contribution >= 4 is 55.1 Å². The van der Waals surface area contributed by atoms with Crippen molar-refractivity contribution in [2.75, 3.05) is 17.4 Å². The van der Waals surface area contributed by atoms with Gasteiger partial charge in [-0.1, -0.05) is 100 Å². The summed E-state index contributed by atoms with van der Waals surface area (Å²) in [5, 5.41) is 3.28. The van der Waals surface area contributed by atoms with Gasteiger partial charge >= 0.3 is 0 Å². The zero-order valence-corrected chi connectivity index (χ0v) is 26.1. The Morgan fingerprint density at radius 3 is 2.17 bits per heavy atom. The van der Waals surface area contributed by atoms with Crippen molar-refractivity contribution in [2.45, 2.75) is 30.8 Å². The minimum Gasteiger partial charge on any atom is -0.355 e. The van der Waals surface area contributed by atoms with Crippen molar-refractivity contribution in [2.24, 2.45) is 0 Å². The van der Waals surface area contributed by atoms with Crippen molar-refractivity contribution < 1.29 is 18.0 Å². The van der Waals surface area contributed by atoms with E-state index in [0.29, 0.717) is 27.3 Å². The largest absolute Gasteiger partial charge is 0.355 e. The molecule has 4 aromatic carbocycles. The van der Waals surface area contributed by atoms with Gasteiger partial charge in [-0.15, -0.1) is 0 Å². The average Bonchev–Trinajstić information content (AvgIpc) is 2.99. The van der Waals surface area contributed by atoms with Gasteiger partial charge in [0.15, 0.2) is 0 Å². The summed E-state index contributed by atoms with van der Waals surface area (Å²) < 4.78 is 29.6. The van der Waals surface area contributed by atoms with E-state index < -0.39 is 28.5 Å². The Balaban J connectivity index is 1.80. The lowest BCUT2D eigenvalue weighted by Crippen LogP contribution is -2.53. The summed E-state index contributed by atoms with van der Waals surface area (Å²) in [6, 6.07) is 30.2. The number of anilines is 1. The molecular formula is C32H31BrClN3O4S. The molecule has 1 atom stereocenters. The highest BCUT2D eigenvalue weighted by molar-refractivity contribution is 9.10. The maximum Gasteiger partial charge on any atom is 0.264 e. The lowest BCUT2D eigenvalue weighted by Gasteiger charge is -2.34. The molecule has 2 amide bonds. The van der Waals surface area contributed by atoms with Crippen molar-refractivity contribution in [3.8, 4) is 0 Å². The number of rotatable bonds is 12. The molecule has 0 heterocycles. The van der Waals surface area contributed by atoms with Gasteiger partial charge in [0.25, 0.3) is 10.0 Å². The van der Waals surface area contributed by atoms with E-state index in [0.717, 1.165) is 9.87 Å². The van der Waals surface area contributed by atoms with Gasteiger partial charge in [0.05, 0.1) is 10.6 Å². The minimum absolute atomic E-state index is 0.00481. The molecule has 0 saturated carbocycles. The van der Waals surface area contributed by atoms with Crippen molar-refractivity contribution in [3.63, 3.8) is 0 Å². The summed E-state index contributed by atoms with van der Waals surface area (Å²) in [7, 11) is -4.16. The fourth-order valence-electron chi connectivity index (χ4n) is 4.54. The highest BCUT2D eigenvalue weighted by Crippen LogP contribution is 2.28. The highest BCUT2D eigenvalue weighted by Gasteiger charge is 2.34. The number of carbonyl (C=O) groups excluding carboxylic acids is 2. The molecule has 0 fully saturated rings. The molecule has 0 radical (unpaired) electrons. The zero-order chi connectivity index (χ0) is 30.1. The molecule has 0 aromatic heterocycles. The van der Waals surface area contributed by atoms with Crippen LogP contribution < -0.4 is 9.62 Å². The number of likely N-dealkylation sites (N-methyl/N-ethyl adjacent to an activating group) is 1. The van der Waals surface area contributed by atoms with Crippen molar-refractivity contribution in [3.05, 3.63) is 130 Å². The summed E-state index contributed by atoms with van der Waals surface area (Å²) in [6.45, 7) is 1.64. The van der Waals surface area contributed by atoms with E-state index in [1.54, 1.807) is 73.7 Å². The van der Waals surface area contributed by atoms with Crippen LogP contribution in [0.2, 0.25) is 5.02 Å². The second kappa shape index (κ2) is 14.5. The van der Waals surface area contributed by atoms with Gasteiger partial charge in [0.1, 0.15) is 12.6 Å². The normalized spacial score (nSPS) is 11.9. The lowest BCUT2D eigenvalue weighted by atomic mass is 10.0. The van der Waals surface area contributed by atoms with E-state index >= 15 is 0 Å². The number of hydrogen-bond acceptors (Lipinski definition) is 4. The van der Waals surface area contributed by atoms with E-state index in [9.17, 15) is 18.0 Å². The van der Waals surface area contributed by atoms with Crippen molar-refractivity contribution in [1.82, 2.24) is 10.2 Å². The first-order chi connectivity index (χ1) is 20.2. The molecule has 0 saturated heterocycles. The minimum atomic E-state index is -4.16. The molecule has 10 heteroatoms. The van der Waals surface area contributed by atoms with E-state index in [1.807, 2.05) is 30.3 Å². The molecule has 218 valence electrons. The number of nitrogens with zero attached hydrogens (tertiary/aromatic N) is 2. The summed E-state index contributed by atoms with van der Waals surface area (Å²) in [4.78, 5) is 29.3. The Bertz CT molecular complexity index is 1620. The van der Waals surface area contributed by atoms with Crippen LogP contribution in [0.4, 0.5) is 5.69 Å². The number of amides is 2. The third kappa shape index (κ3) is 7.79. The van der Waals surface area contributed by atoms with Crippen LogP contribution in [0.15, 0.2) is 119 Å². The molecule has 0 bridgehead atoms. The summed E-state index contributed by atoms with van der Waals surface area (Å²) in [5.41, 5.74) is 1.79. The number of hydrogen-bond donors (Lipinski definition) is 1. The zero-order valence-electron chi connectivity index (χ0n) is 23.0. The Morgan fingerprint density at radius 1 is 0.881 bits per heavy atom.